The predicted molar refractivity (Wildman–Crippen MR) is 80.8 cm³/mol. The standard InChI is InChI=1S/C14H22N6/c1-5-12-13(15-6-2)17-9-18-14(12)16-7-11-8-20(4)19-10(11)3/h8-9H,5-7H2,1-4H3,(H2,15,16,17,18). The van der Waals surface area contributed by atoms with Gasteiger partial charge in [0.05, 0.1) is 5.69 Å². The van der Waals surface area contributed by atoms with Crippen LogP contribution in [0.15, 0.2) is 12.5 Å². The lowest BCUT2D eigenvalue weighted by molar-refractivity contribution is 0.756. The van der Waals surface area contributed by atoms with Gasteiger partial charge in [0.15, 0.2) is 0 Å². The highest BCUT2D eigenvalue weighted by Gasteiger charge is 2.10. The van der Waals surface area contributed by atoms with E-state index in [1.165, 1.54) is 5.56 Å². The lowest BCUT2D eigenvalue weighted by Crippen LogP contribution is -2.09. The number of aryl methyl sites for hydroxylation is 2. The summed E-state index contributed by atoms with van der Waals surface area (Å²) in [4.78, 5) is 8.65. The Hall–Kier alpha value is -2.11. The van der Waals surface area contributed by atoms with Gasteiger partial charge in [-0.15, -0.1) is 0 Å². The largest absolute Gasteiger partial charge is 0.370 e. The smallest absolute Gasteiger partial charge is 0.134 e. The average Bonchev–Trinajstić information content (AvgIpc) is 2.75. The van der Waals surface area contributed by atoms with Crippen LogP contribution in [0.5, 0.6) is 0 Å². The third-order valence-electron chi connectivity index (χ3n) is 3.20. The second-order valence-electron chi connectivity index (χ2n) is 4.70. The normalized spacial score (nSPS) is 10.6. The van der Waals surface area contributed by atoms with Gasteiger partial charge in [-0.1, -0.05) is 6.92 Å². The van der Waals surface area contributed by atoms with E-state index >= 15 is 0 Å². The Balaban J connectivity index is 2.16. The molecule has 0 aromatic carbocycles. The van der Waals surface area contributed by atoms with Crippen molar-refractivity contribution in [3.05, 3.63) is 29.3 Å². The van der Waals surface area contributed by atoms with Crippen LogP contribution in [0.25, 0.3) is 0 Å². The molecular weight excluding hydrogens is 252 g/mol. The fraction of sp³-hybridized carbons (Fsp3) is 0.500. The summed E-state index contributed by atoms with van der Waals surface area (Å²) in [5, 5.41) is 11.0. The van der Waals surface area contributed by atoms with Crippen LogP contribution in [-0.2, 0) is 20.0 Å². The maximum Gasteiger partial charge on any atom is 0.134 e. The first-order valence-corrected chi connectivity index (χ1v) is 6.96. The van der Waals surface area contributed by atoms with E-state index in [0.717, 1.165) is 42.4 Å². The fourth-order valence-corrected chi connectivity index (χ4v) is 2.22. The molecule has 0 radical (unpaired) electrons. The minimum Gasteiger partial charge on any atom is -0.370 e. The van der Waals surface area contributed by atoms with Crippen molar-refractivity contribution < 1.29 is 0 Å². The van der Waals surface area contributed by atoms with E-state index in [2.05, 4.69) is 39.5 Å². The molecular formula is C14H22N6. The van der Waals surface area contributed by atoms with Crippen molar-refractivity contribution >= 4 is 11.6 Å². The van der Waals surface area contributed by atoms with Gasteiger partial charge in [-0.05, 0) is 20.3 Å². The molecule has 6 nitrogen and oxygen atoms in total. The number of aromatic nitrogens is 4. The first-order chi connectivity index (χ1) is 9.65. The minimum absolute atomic E-state index is 0.718. The van der Waals surface area contributed by atoms with Gasteiger partial charge < -0.3 is 10.6 Å². The van der Waals surface area contributed by atoms with Crippen LogP contribution in [0, 0.1) is 6.92 Å². The van der Waals surface area contributed by atoms with Crippen LogP contribution in [0.4, 0.5) is 11.6 Å². The van der Waals surface area contributed by atoms with Crippen molar-refractivity contribution in [2.24, 2.45) is 7.05 Å². The van der Waals surface area contributed by atoms with Gasteiger partial charge >= 0.3 is 0 Å². The Morgan fingerprint density at radius 3 is 2.40 bits per heavy atom. The maximum absolute atomic E-state index is 4.35. The molecule has 2 aromatic heterocycles. The van der Waals surface area contributed by atoms with E-state index in [0.29, 0.717) is 0 Å². The molecule has 0 saturated heterocycles. The summed E-state index contributed by atoms with van der Waals surface area (Å²) >= 11 is 0. The van der Waals surface area contributed by atoms with Crippen molar-refractivity contribution in [1.29, 1.82) is 0 Å². The number of hydrogen-bond donors (Lipinski definition) is 2. The van der Waals surface area contributed by atoms with Crippen molar-refractivity contribution in [2.45, 2.75) is 33.7 Å². The summed E-state index contributed by atoms with van der Waals surface area (Å²) in [6.45, 7) is 7.76. The van der Waals surface area contributed by atoms with E-state index in [4.69, 9.17) is 0 Å². The van der Waals surface area contributed by atoms with Crippen LogP contribution in [0.2, 0.25) is 0 Å². The van der Waals surface area contributed by atoms with Crippen LogP contribution in [0.3, 0.4) is 0 Å². The van der Waals surface area contributed by atoms with Crippen molar-refractivity contribution in [3.63, 3.8) is 0 Å². The molecule has 0 aliphatic carbocycles. The minimum atomic E-state index is 0.718. The van der Waals surface area contributed by atoms with Crippen LogP contribution in [0.1, 0.15) is 30.7 Å². The number of rotatable bonds is 6. The van der Waals surface area contributed by atoms with Gasteiger partial charge in [-0.3, -0.25) is 4.68 Å². The number of nitrogens with one attached hydrogen (secondary N) is 2. The lowest BCUT2D eigenvalue weighted by atomic mass is 10.2. The van der Waals surface area contributed by atoms with E-state index in [1.807, 2.05) is 24.9 Å². The van der Waals surface area contributed by atoms with Gasteiger partial charge in [0, 0.05) is 37.5 Å². The highest BCUT2D eigenvalue weighted by atomic mass is 15.3. The zero-order chi connectivity index (χ0) is 14.5. The molecule has 20 heavy (non-hydrogen) atoms. The highest BCUT2D eigenvalue weighted by molar-refractivity contribution is 5.57. The summed E-state index contributed by atoms with van der Waals surface area (Å²) in [7, 11) is 1.93. The summed E-state index contributed by atoms with van der Waals surface area (Å²) in [6.07, 6.45) is 4.51. The summed E-state index contributed by atoms with van der Waals surface area (Å²) in [5.41, 5.74) is 3.34. The number of anilines is 2. The Labute approximate surface area is 119 Å². The fourth-order valence-electron chi connectivity index (χ4n) is 2.22. The molecule has 0 aliphatic rings. The molecule has 0 bridgehead atoms. The topological polar surface area (TPSA) is 67.7 Å². The molecule has 0 amide bonds. The highest BCUT2D eigenvalue weighted by Crippen LogP contribution is 2.21. The first-order valence-electron chi connectivity index (χ1n) is 6.96. The van der Waals surface area contributed by atoms with E-state index < -0.39 is 0 Å². The third kappa shape index (κ3) is 3.07. The van der Waals surface area contributed by atoms with Crippen molar-refractivity contribution in [2.75, 3.05) is 17.2 Å². The third-order valence-corrected chi connectivity index (χ3v) is 3.20. The van der Waals surface area contributed by atoms with Crippen molar-refractivity contribution in [3.8, 4) is 0 Å². The molecule has 2 N–H and O–H groups in total. The average molecular weight is 274 g/mol. The van der Waals surface area contributed by atoms with Gasteiger partial charge in [-0.25, -0.2) is 9.97 Å². The van der Waals surface area contributed by atoms with Gasteiger partial charge in [-0.2, -0.15) is 5.10 Å². The summed E-state index contributed by atoms with van der Waals surface area (Å²) in [6, 6.07) is 0. The van der Waals surface area contributed by atoms with E-state index in [-0.39, 0.29) is 0 Å². The van der Waals surface area contributed by atoms with Gasteiger partial charge in [0.25, 0.3) is 0 Å². The molecule has 0 unspecified atom stereocenters. The first kappa shape index (κ1) is 14.3. The molecule has 2 aromatic rings. The predicted octanol–water partition coefficient (Wildman–Crippen LogP) is 2.12. The second-order valence-corrected chi connectivity index (χ2v) is 4.70. The monoisotopic (exact) mass is 274 g/mol. The molecule has 2 heterocycles. The number of hydrogen-bond acceptors (Lipinski definition) is 5. The lowest BCUT2D eigenvalue weighted by Gasteiger charge is -2.13. The van der Waals surface area contributed by atoms with E-state index in [1.54, 1.807) is 6.33 Å². The second kappa shape index (κ2) is 6.36. The molecule has 0 spiro atoms. The molecule has 6 heteroatoms. The van der Waals surface area contributed by atoms with Crippen LogP contribution < -0.4 is 10.6 Å². The van der Waals surface area contributed by atoms with E-state index in [9.17, 15) is 0 Å². The molecule has 0 fully saturated rings. The SMILES string of the molecule is CCNc1ncnc(NCc2cn(C)nc2C)c1CC. The maximum atomic E-state index is 4.35. The summed E-state index contributed by atoms with van der Waals surface area (Å²) in [5.74, 6) is 1.80. The quantitative estimate of drug-likeness (QED) is 0.844. The Morgan fingerprint density at radius 1 is 1.15 bits per heavy atom. The molecule has 2 rings (SSSR count). The number of nitrogens with zero attached hydrogens (tertiary/aromatic N) is 4. The molecule has 0 saturated carbocycles. The Morgan fingerprint density at radius 2 is 1.85 bits per heavy atom. The molecule has 0 aliphatic heterocycles. The molecule has 0 atom stereocenters. The van der Waals surface area contributed by atoms with Crippen molar-refractivity contribution in [1.82, 2.24) is 19.7 Å². The van der Waals surface area contributed by atoms with Crippen LogP contribution >= 0.6 is 0 Å². The molecule has 108 valence electrons. The summed E-state index contributed by atoms with van der Waals surface area (Å²) < 4.78 is 1.83. The van der Waals surface area contributed by atoms with Crippen LogP contribution in [-0.4, -0.2) is 26.3 Å². The zero-order valence-corrected chi connectivity index (χ0v) is 12.6. The van der Waals surface area contributed by atoms with Gasteiger partial charge in [0.2, 0.25) is 0 Å². The Kier molecular flexibility index (Phi) is 4.55. The Bertz CT molecular complexity index is 575. The zero-order valence-electron chi connectivity index (χ0n) is 12.6. The van der Waals surface area contributed by atoms with Gasteiger partial charge in [0.1, 0.15) is 18.0 Å².